The molecule has 2 aromatic carbocycles. The Kier molecular flexibility index (Phi) is 9.13. The van der Waals surface area contributed by atoms with Crippen molar-refractivity contribution in [2.75, 3.05) is 24.7 Å². The summed E-state index contributed by atoms with van der Waals surface area (Å²) in [5.41, 5.74) is 1.97. The van der Waals surface area contributed by atoms with Crippen molar-refractivity contribution < 1.29 is 14.0 Å². The van der Waals surface area contributed by atoms with Gasteiger partial charge >= 0.3 is 0 Å². The van der Waals surface area contributed by atoms with Crippen LogP contribution in [-0.2, 0) is 9.63 Å². The summed E-state index contributed by atoms with van der Waals surface area (Å²) in [5.74, 6) is 0.458. The number of hydrogen-bond donors (Lipinski definition) is 1. The zero-order chi connectivity index (χ0) is 19.5. The van der Waals surface area contributed by atoms with Crippen molar-refractivity contribution in [2.24, 2.45) is 5.34 Å². The number of carbonyl (C=O) groups excluding carboxylic acids is 1. The fraction of sp³-hybridized carbons (Fsp3) is 0.316. The van der Waals surface area contributed by atoms with Crippen molar-refractivity contribution >= 4 is 27.5 Å². The van der Waals surface area contributed by atoms with Crippen molar-refractivity contribution in [2.45, 2.75) is 12.8 Å². The fourth-order valence-corrected chi connectivity index (χ4v) is 4.12. The number of carbonyl (C=O) groups is 1. The summed E-state index contributed by atoms with van der Waals surface area (Å²) < 4.78 is 14.5. The zero-order valence-electron chi connectivity index (χ0n) is 14.9. The van der Waals surface area contributed by atoms with Gasteiger partial charge in [-0.2, -0.15) is 0 Å². The standard InChI is InChI=1S/C19H21FN2O3S2/c1-14(19(23)21-9-11-26-27-12-10-25-22-24)16-7-8-17(18(20)13-16)15-5-3-2-4-6-15/h2-8,13-14H,9-12H2,1H3,(H,21,23). The van der Waals surface area contributed by atoms with Crippen molar-refractivity contribution in [1.29, 1.82) is 0 Å². The predicted molar refractivity (Wildman–Crippen MR) is 110 cm³/mol. The highest BCUT2D eigenvalue weighted by Gasteiger charge is 2.16. The molecular weight excluding hydrogens is 387 g/mol. The van der Waals surface area contributed by atoms with E-state index in [1.165, 1.54) is 6.07 Å². The average Bonchev–Trinajstić information content (AvgIpc) is 2.69. The van der Waals surface area contributed by atoms with Gasteiger partial charge in [0, 0.05) is 23.6 Å². The number of amides is 1. The number of nitrogens with zero attached hydrogens (tertiary/aromatic N) is 1. The maximum atomic E-state index is 14.5. The molecule has 0 aliphatic carbocycles. The summed E-state index contributed by atoms with van der Waals surface area (Å²) in [6.07, 6.45) is 0. The summed E-state index contributed by atoms with van der Waals surface area (Å²) in [6.45, 7) is 2.55. The van der Waals surface area contributed by atoms with E-state index >= 15 is 0 Å². The molecule has 2 aromatic rings. The second kappa shape index (κ2) is 11.6. The maximum Gasteiger partial charge on any atom is 0.227 e. The summed E-state index contributed by atoms with van der Waals surface area (Å²) in [6, 6.07) is 14.3. The SMILES string of the molecule is CC(C(=O)NCCSSCCON=O)c1ccc(-c2ccccc2)c(F)c1. The minimum absolute atomic E-state index is 0.138. The number of halogens is 1. The quantitative estimate of drug-likeness (QED) is 0.251. The monoisotopic (exact) mass is 408 g/mol. The van der Waals surface area contributed by atoms with Crippen LogP contribution in [-0.4, -0.2) is 30.6 Å². The molecule has 27 heavy (non-hydrogen) atoms. The van der Waals surface area contributed by atoms with E-state index in [4.69, 9.17) is 0 Å². The third-order valence-electron chi connectivity index (χ3n) is 3.85. The van der Waals surface area contributed by atoms with Gasteiger partial charge in [-0.1, -0.05) is 64.1 Å². The Labute approximate surface area is 165 Å². The highest BCUT2D eigenvalue weighted by Crippen LogP contribution is 2.26. The van der Waals surface area contributed by atoms with Gasteiger partial charge in [-0.05, 0) is 24.1 Å². The number of nitrogens with one attached hydrogen (secondary N) is 1. The molecule has 0 fully saturated rings. The molecule has 1 atom stereocenters. The molecule has 0 radical (unpaired) electrons. The van der Waals surface area contributed by atoms with E-state index in [0.29, 0.717) is 23.4 Å². The molecule has 2 rings (SSSR count). The van der Waals surface area contributed by atoms with Crippen LogP contribution in [0.2, 0.25) is 0 Å². The fourth-order valence-electron chi connectivity index (χ4n) is 2.40. The molecule has 0 saturated carbocycles. The molecule has 1 unspecified atom stereocenters. The Morgan fingerprint density at radius 3 is 2.63 bits per heavy atom. The molecular formula is C19H21FN2O3S2. The molecule has 0 saturated heterocycles. The van der Waals surface area contributed by atoms with Gasteiger partial charge in [0.05, 0.1) is 5.92 Å². The largest absolute Gasteiger partial charge is 0.363 e. The number of rotatable bonds is 11. The van der Waals surface area contributed by atoms with E-state index in [1.807, 2.05) is 30.3 Å². The van der Waals surface area contributed by atoms with E-state index in [-0.39, 0.29) is 18.3 Å². The molecule has 0 heterocycles. The van der Waals surface area contributed by atoms with E-state index in [2.05, 4.69) is 15.5 Å². The minimum atomic E-state index is -0.436. The van der Waals surface area contributed by atoms with Gasteiger partial charge in [-0.3, -0.25) is 4.79 Å². The molecule has 0 aliphatic rings. The second-order valence-electron chi connectivity index (χ2n) is 5.67. The van der Waals surface area contributed by atoms with Crippen LogP contribution in [0, 0.1) is 10.7 Å². The summed E-state index contributed by atoms with van der Waals surface area (Å²) >= 11 is 0. The molecule has 1 N–H and O–H groups in total. The molecule has 144 valence electrons. The van der Waals surface area contributed by atoms with E-state index in [1.54, 1.807) is 40.6 Å². The Morgan fingerprint density at radius 1 is 1.19 bits per heavy atom. The molecule has 1 amide bonds. The lowest BCUT2D eigenvalue weighted by Gasteiger charge is -2.14. The molecule has 0 spiro atoms. The van der Waals surface area contributed by atoms with Crippen LogP contribution < -0.4 is 5.32 Å². The Balaban J connectivity index is 1.81. The van der Waals surface area contributed by atoms with Crippen LogP contribution in [0.3, 0.4) is 0 Å². The number of hydrogen-bond acceptors (Lipinski definition) is 6. The first-order chi connectivity index (χ1) is 13.1. The van der Waals surface area contributed by atoms with Crippen LogP contribution in [0.4, 0.5) is 4.39 Å². The lowest BCUT2D eigenvalue weighted by Crippen LogP contribution is -2.29. The van der Waals surface area contributed by atoms with Gasteiger partial charge < -0.3 is 10.2 Å². The highest BCUT2D eigenvalue weighted by molar-refractivity contribution is 8.76. The first-order valence-electron chi connectivity index (χ1n) is 8.45. The Bertz CT molecular complexity index is 747. The van der Waals surface area contributed by atoms with Crippen LogP contribution in [0.15, 0.2) is 53.9 Å². The third-order valence-corrected chi connectivity index (χ3v) is 6.22. The maximum absolute atomic E-state index is 14.5. The molecule has 0 aliphatic heterocycles. The van der Waals surface area contributed by atoms with E-state index in [9.17, 15) is 14.1 Å². The van der Waals surface area contributed by atoms with Gasteiger partial charge in [0.15, 0.2) is 5.34 Å². The van der Waals surface area contributed by atoms with Crippen LogP contribution >= 0.6 is 21.6 Å². The summed E-state index contributed by atoms with van der Waals surface area (Å²) in [4.78, 5) is 26.4. The summed E-state index contributed by atoms with van der Waals surface area (Å²) in [7, 11) is 3.12. The van der Waals surface area contributed by atoms with E-state index < -0.39 is 5.92 Å². The molecule has 0 aromatic heterocycles. The van der Waals surface area contributed by atoms with Crippen molar-refractivity contribution in [3.8, 4) is 11.1 Å². The average molecular weight is 409 g/mol. The van der Waals surface area contributed by atoms with Gasteiger partial charge in [-0.25, -0.2) is 4.39 Å². The van der Waals surface area contributed by atoms with Crippen molar-refractivity contribution in [1.82, 2.24) is 5.32 Å². The second-order valence-corrected chi connectivity index (χ2v) is 8.37. The molecule has 0 bridgehead atoms. The molecule has 8 heteroatoms. The first kappa shape index (κ1) is 21.2. The van der Waals surface area contributed by atoms with Crippen molar-refractivity contribution in [3.63, 3.8) is 0 Å². The van der Waals surface area contributed by atoms with Gasteiger partial charge in [0.25, 0.3) is 0 Å². The Hall–Kier alpha value is -2.06. The number of benzene rings is 2. The first-order valence-corrected chi connectivity index (χ1v) is 10.9. The van der Waals surface area contributed by atoms with Crippen LogP contribution in [0.1, 0.15) is 18.4 Å². The highest BCUT2D eigenvalue weighted by atomic mass is 33.1. The van der Waals surface area contributed by atoms with Crippen LogP contribution in [0.5, 0.6) is 0 Å². The van der Waals surface area contributed by atoms with Gasteiger partial charge in [0.1, 0.15) is 12.4 Å². The van der Waals surface area contributed by atoms with Gasteiger partial charge in [0.2, 0.25) is 5.91 Å². The normalized spacial score (nSPS) is 11.6. The minimum Gasteiger partial charge on any atom is -0.363 e. The topological polar surface area (TPSA) is 67.8 Å². The van der Waals surface area contributed by atoms with Crippen molar-refractivity contribution in [3.05, 3.63) is 64.8 Å². The van der Waals surface area contributed by atoms with Crippen LogP contribution in [0.25, 0.3) is 11.1 Å². The zero-order valence-corrected chi connectivity index (χ0v) is 16.5. The summed E-state index contributed by atoms with van der Waals surface area (Å²) in [5, 5.41) is 5.17. The lowest BCUT2D eigenvalue weighted by atomic mass is 9.96. The molecule has 5 nitrogen and oxygen atoms in total. The lowest BCUT2D eigenvalue weighted by molar-refractivity contribution is -0.122. The van der Waals surface area contributed by atoms with Gasteiger partial charge in [-0.15, -0.1) is 4.91 Å². The van der Waals surface area contributed by atoms with E-state index in [0.717, 1.165) is 11.3 Å². The predicted octanol–water partition coefficient (Wildman–Crippen LogP) is 4.79. The Morgan fingerprint density at radius 2 is 1.93 bits per heavy atom. The third kappa shape index (κ3) is 6.88. The smallest absolute Gasteiger partial charge is 0.227 e.